The van der Waals surface area contributed by atoms with Gasteiger partial charge in [0.25, 0.3) is 0 Å². The van der Waals surface area contributed by atoms with Crippen molar-refractivity contribution in [2.24, 2.45) is 0 Å². The number of rotatable bonds is 11. The van der Waals surface area contributed by atoms with E-state index in [9.17, 15) is 4.79 Å². The molecule has 14 heteroatoms. The molecule has 2 aromatic heterocycles. The van der Waals surface area contributed by atoms with Gasteiger partial charge in [0.05, 0.1) is 35.8 Å². The van der Waals surface area contributed by atoms with Gasteiger partial charge in [0, 0.05) is 48.1 Å². The van der Waals surface area contributed by atoms with Gasteiger partial charge in [-0.15, -0.1) is 0 Å². The van der Waals surface area contributed by atoms with E-state index < -0.39 is 5.79 Å². The number of nitrogens with zero attached hydrogens (tertiary/aromatic N) is 8. The highest BCUT2D eigenvalue weighted by molar-refractivity contribution is 6.35. The van der Waals surface area contributed by atoms with E-state index in [1.165, 1.54) is 4.80 Å². The van der Waals surface area contributed by atoms with Crippen LogP contribution in [-0.2, 0) is 21.8 Å². The monoisotopic (exact) mass is 718 g/mol. The fourth-order valence-electron chi connectivity index (χ4n) is 6.46. The molecule has 7 rings (SSSR count). The number of benzene rings is 3. The van der Waals surface area contributed by atoms with Crippen LogP contribution in [0.4, 0.5) is 11.4 Å². The maximum absolute atomic E-state index is 12.8. The fourth-order valence-corrected chi connectivity index (χ4v) is 7.01. The molecule has 2 aliphatic heterocycles. The van der Waals surface area contributed by atoms with Gasteiger partial charge in [-0.05, 0) is 80.4 Å². The molecule has 50 heavy (non-hydrogen) atoms. The van der Waals surface area contributed by atoms with Gasteiger partial charge < -0.3 is 24.0 Å². The highest BCUT2D eigenvalue weighted by atomic mass is 35.5. The maximum atomic E-state index is 12.8. The zero-order valence-corrected chi connectivity index (χ0v) is 29.8. The summed E-state index contributed by atoms with van der Waals surface area (Å²) >= 11 is 12.8. The number of halogens is 2. The first-order chi connectivity index (χ1) is 24.2. The molecule has 5 aromatic rings. The Bertz CT molecular complexity index is 1970. The van der Waals surface area contributed by atoms with Crippen molar-refractivity contribution in [1.29, 1.82) is 0 Å². The highest BCUT2D eigenvalue weighted by Crippen LogP contribution is 2.40. The van der Waals surface area contributed by atoms with Crippen LogP contribution in [0.15, 0.2) is 84.2 Å². The molecule has 3 aromatic carbocycles. The Morgan fingerprint density at radius 2 is 1.60 bits per heavy atom. The van der Waals surface area contributed by atoms with Gasteiger partial charge in [-0.1, -0.05) is 36.2 Å². The summed E-state index contributed by atoms with van der Waals surface area (Å²) in [5.74, 6) is -0.394. The lowest BCUT2D eigenvalue weighted by molar-refractivity contribution is -0.192. The topological polar surface area (TPSA) is 105 Å². The molecule has 1 unspecified atom stereocenters. The van der Waals surface area contributed by atoms with E-state index in [1.807, 2.05) is 38.1 Å². The number of ether oxygens (including phenoxy) is 3. The summed E-state index contributed by atoms with van der Waals surface area (Å²) in [4.78, 5) is 19.1. The highest BCUT2D eigenvalue weighted by Gasteiger charge is 2.46. The molecule has 0 spiro atoms. The summed E-state index contributed by atoms with van der Waals surface area (Å²) < 4.78 is 22.2. The van der Waals surface area contributed by atoms with Crippen LogP contribution in [0.5, 0.6) is 5.75 Å². The molecule has 2 aliphatic rings. The number of piperazine rings is 1. The molecule has 3 atom stereocenters. The van der Waals surface area contributed by atoms with Crippen LogP contribution >= 0.6 is 23.2 Å². The standard InChI is InChI=1S/C36H40Cl2N8O4/c1-4-26(3)46-35(47)44(24-41-46)29-8-6-28(7-9-29)42-15-17-43(18-16-42)30-10-12-34(25(2)19-30)48-21-31-22-49-36(50-31,23-45-39-13-14-40-45)32-11-5-27(37)20-33(32)38/h5-14,19-20,24,26,31H,4,15-18,21-23H2,1-3H3/t26?,31-,36-/m1/s1. The molecule has 4 heterocycles. The lowest BCUT2D eigenvalue weighted by Gasteiger charge is -2.37. The predicted molar refractivity (Wildman–Crippen MR) is 193 cm³/mol. The molecule has 0 amide bonds. The van der Waals surface area contributed by atoms with E-state index in [0.29, 0.717) is 28.8 Å². The molecular weight excluding hydrogens is 679 g/mol. The van der Waals surface area contributed by atoms with Gasteiger partial charge in [-0.3, -0.25) is 0 Å². The van der Waals surface area contributed by atoms with E-state index >= 15 is 0 Å². The van der Waals surface area contributed by atoms with Crippen LogP contribution in [0.25, 0.3) is 5.69 Å². The number of anilines is 2. The van der Waals surface area contributed by atoms with Crippen LogP contribution in [0.2, 0.25) is 10.0 Å². The van der Waals surface area contributed by atoms with E-state index in [0.717, 1.165) is 61.0 Å². The maximum Gasteiger partial charge on any atom is 0.350 e. The van der Waals surface area contributed by atoms with Gasteiger partial charge in [-0.25, -0.2) is 14.0 Å². The Hall–Kier alpha value is -4.36. The summed E-state index contributed by atoms with van der Waals surface area (Å²) in [6, 6.07) is 19.7. The van der Waals surface area contributed by atoms with Crippen molar-refractivity contribution < 1.29 is 14.2 Å². The SMILES string of the molecule is CCC(C)n1ncn(-c2ccc(N3CCN(c4ccc(OC[C@@H]5CO[C@@](Cn6nccn6)(c6ccc(Cl)cc6Cl)O5)c(C)c4)CC3)cc2)c1=O. The second-order valence-corrected chi connectivity index (χ2v) is 13.6. The third kappa shape index (κ3) is 6.98. The Kier molecular flexibility index (Phi) is 9.87. The van der Waals surface area contributed by atoms with Gasteiger partial charge in [0.15, 0.2) is 0 Å². The lowest BCUT2D eigenvalue weighted by Crippen LogP contribution is -2.46. The van der Waals surface area contributed by atoms with E-state index in [1.54, 1.807) is 40.1 Å². The zero-order valence-electron chi connectivity index (χ0n) is 28.3. The normalized spacial score (nSPS) is 20.0. The first-order valence-corrected chi connectivity index (χ1v) is 17.6. The fraction of sp³-hybridized carbons (Fsp3) is 0.389. The second kappa shape index (κ2) is 14.5. The molecule has 0 bridgehead atoms. The molecule has 0 aliphatic carbocycles. The lowest BCUT2D eigenvalue weighted by atomic mass is 10.1. The van der Waals surface area contributed by atoms with E-state index in [-0.39, 0.29) is 24.4 Å². The van der Waals surface area contributed by atoms with Gasteiger partial charge in [0.2, 0.25) is 5.79 Å². The third-order valence-electron chi connectivity index (χ3n) is 9.44. The molecule has 0 N–H and O–H groups in total. The summed E-state index contributed by atoms with van der Waals surface area (Å²) in [6.45, 7) is 10.5. The minimum atomic E-state index is -1.19. The smallest absolute Gasteiger partial charge is 0.350 e. The number of hydrogen-bond donors (Lipinski definition) is 0. The third-order valence-corrected chi connectivity index (χ3v) is 9.99. The summed E-state index contributed by atoms with van der Waals surface area (Å²) in [6.07, 6.45) is 5.32. The first-order valence-electron chi connectivity index (χ1n) is 16.8. The Balaban J connectivity index is 0.947. The minimum Gasteiger partial charge on any atom is -0.491 e. The molecule has 0 saturated carbocycles. The summed E-state index contributed by atoms with van der Waals surface area (Å²) in [5.41, 5.74) is 4.69. The number of aromatic nitrogens is 6. The zero-order chi connectivity index (χ0) is 34.8. The molecule has 12 nitrogen and oxygen atoms in total. The van der Waals surface area contributed by atoms with Crippen molar-refractivity contribution in [2.45, 2.75) is 51.7 Å². The average Bonchev–Trinajstić information content (AvgIpc) is 3.89. The quantitative estimate of drug-likeness (QED) is 0.166. The van der Waals surface area contributed by atoms with Gasteiger partial charge in [-0.2, -0.15) is 20.1 Å². The van der Waals surface area contributed by atoms with Crippen LogP contribution < -0.4 is 20.2 Å². The Morgan fingerprint density at radius 3 is 2.28 bits per heavy atom. The minimum absolute atomic E-state index is 0.0632. The Labute approximate surface area is 300 Å². The van der Waals surface area contributed by atoms with Gasteiger partial charge >= 0.3 is 5.69 Å². The Morgan fingerprint density at radius 1 is 0.920 bits per heavy atom. The summed E-state index contributed by atoms with van der Waals surface area (Å²) in [7, 11) is 0. The molecule has 2 fully saturated rings. The van der Waals surface area contributed by atoms with Crippen molar-refractivity contribution in [3.05, 3.63) is 111 Å². The van der Waals surface area contributed by atoms with Crippen molar-refractivity contribution in [1.82, 2.24) is 29.3 Å². The van der Waals surface area contributed by atoms with Gasteiger partial charge in [0.1, 0.15) is 31.3 Å². The molecular formula is C36H40Cl2N8O4. The van der Waals surface area contributed by atoms with Crippen LogP contribution in [0, 0.1) is 6.92 Å². The number of hydrogen-bond acceptors (Lipinski definition) is 9. The van der Waals surface area contributed by atoms with E-state index in [2.05, 4.69) is 56.3 Å². The van der Waals surface area contributed by atoms with Crippen LogP contribution in [-0.4, -0.2) is 74.8 Å². The second-order valence-electron chi connectivity index (χ2n) is 12.7. The van der Waals surface area contributed by atoms with Crippen molar-refractivity contribution in [3.63, 3.8) is 0 Å². The molecule has 0 radical (unpaired) electrons. The summed E-state index contributed by atoms with van der Waals surface area (Å²) in [5, 5.41) is 13.8. The van der Waals surface area contributed by atoms with Crippen LogP contribution in [0.3, 0.4) is 0 Å². The predicted octanol–water partition coefficient (Wildman–Crippen LogP) is 5.89. The largest absolute Gasteiger partial charge is 0.491 e. The molecule has 262 valence electrons. The first kappa shape index (κ1) is 34.1. The van der Waals surface area contributed by atoms with Crippen molar-refractivity contribution >= 4 is 34.6 Å². The molecule has 2 saturated heterocycles. The van der Waals surface area contributed by atoms with Crippen LogP contribution in [0.1, 0.15) is 37.4 Å². The van der Waals surface area contributed by atoms with E-state index in [4.69, 9.17) is 37.4 Å². The van der Waals surface area contributed by atoms with Crippen molar-refractivity contribution in [3.8, 4) is 11.4 Å². The number of aryl methyl sites for hydroxylation is 1. The van der Waals surface area contributed by atoms with Crippen molar-refractivity contribution in [2.75, 3.05) is 49.2 Å². The average molecular weight is 720 g/mol.